The van der Waals surface area contributed by atoms with Gasteiger partial charge in [0.2, 0.25) is 5.91 Å². The summed E-state index contributed by atoms with van der Waals surface area (Å²) in [6.07, 6.45) is 8.41. The smallest absolute Gasteiger partial charge is 0.234 e. The molecule has 1 rings (SSSR count). The fourth-order valence-corrected chi connectivity index (χ4v) is 2.52. The lowest BCUT2D eigenvalue weighted by molar-refractivity contribution is -0.121. The Kier molecular flexibility index (Phi) is 9.67. The summed E-state index contributed by atoms with van der Waals surface area (Å²) in [6.45, 7) is 7.17. The largest absolute Gasteiger partial charge is 0.381 e. The van der Waals surface area contributed by atoms with Crippen molar-refractivity contribution >= 4 is 5.91 Å². The highest BCUT2D eigenvalue weighted by molar-refractivity contribution is 5.78. The van der Waals surface area contributed by atoms with Crippen LogP contribution in [0, 0.1) is 5.92 Å². The van der Waals surface area contributed by atoms with E-state index in [4.69, 9.17) is 4.74 Å². The second kappa shape index (κ2) is 11.1. The van der Waals surface area contributed by atoms with Crippen LogP contribution < -0.4 is 10.6 Å². The molecule has 20 heavy (non-hydrogen) atoms. The second-order valence-electron chi connectivity index (χ2n) is 6.26. The van der Waals surface area contributed by atoms with Gasteiger partial charge in [-0.05, 0) is 31.7 Å². The standard InChI is InChI=1S/C16H32N2O2/c1-14(2)13-20-11-7-10-17-12-16(19)18-15-8-5-3-4-6-9-15/h14-15,17H,3-13H2,1-2H3,(H,18,19). The number of hydrogen-bond acceptors (Lipinski definition) is 3. The molecule has 4 heteroatoms. The van der Waals surface area contributed by atoms with Gasteiger partial charge in [-0.2, -0.15) is 0 Å². The fourth-order valence-electron chi connectivity index (χ4n) is 2.52. The van der Waals surface area contributed by atoms with Crippen LogP contribution in [0.5, 0.6) is 0 Å². The highest BCUT2D eigenvalue weighted by Crippen LogP contribution is 2.16. The third-order valence-corrected chi connectivity index (χ3v) is 3.60. The Morgan fingerprint density at radius 3 is 2.55 bits per heavy atom. The molecule has 118 valence electrons. The summed E-state index contributed by atoms with van der Waals surface area (Å²) in [5.74, 6) is 0.730. The molecule has 0 aliphatic heterocycles. The average Bonchev–Trinajstić information content (AvgIpc) is 2.66. The maximum Gasteiger partial charge on any atom is 0.234 e. The van der Waals surface area contributed by atoms with Crippen molar-refractivity contribution in [3.8, 4) is 0 Å². The van der Waals surface area contributed by atoms with Crippen molar-refractivity contribution in [2.75, 3.05) is 26.3 Å². The van der Waals surface area contributed by atoms with Crippen LogP contribution in [0.15, 0.2) is 0 Å². The van der Waals surface area contributed by atoms with Crippen molar-refractivity contribution in [1.82, 2.24) is 10.6 Å². The summed E-state index contributed by atoms with van der Waals surface area (Å²) in [6, 6.07) is 0.404. The summed E-state index contributed by atoms with van der Waals surface area (Å²) < 4.78 is 5.50. The van der Waals surface area contributed by atoms with Gasteiger partial charge >= 0.3 is 0 Å². The van der Waals surface area contributed by atoms with Gasteiger partial charge in [-0.25, -0.2) is 0 Å². The molecule has 0 aromatic rings. The van der Waals surface area contributed by atoms with Gasteiger partial charge in [-0.15, -0.1) is 0 Å². The van der Waals surface area contributed by atoms with Gasteiger partial charge in [0.15, 0.2) is 0 Å². The lowest BCUT2D eigenvalue weighted by atomic mass is 10.1. The highest BCUT2D eigenvalue weighted by Gasteiger charge is 2.13. The molecule has 0 bridgehead atoms. The monoisotopic (exact) mass is 284 g/mol. The van der Waals surface area contributed by atoms with Gasteiger partial charge < -0.3 is 15.4 Å². The molecule has 4 nitrogen and oxygen atoms in total. The second-order valence-corrected chi connectivity index (χ2v) is 6.26. The first-order valence-electron chi connectivity index (χ1n) is 8.26. The third kappa shape index (κ3) is 9.32. The van der Waals surface area contributed by atoms with Crippen LogP contribution in [-0.2, 0) is 9.53 Å². The van der Waals surface area contributed by atoms with E-state index in [1.165, 1.54) is 25.7 Å². The van der Waals surface area contributed by atoms with Crippen LogP contribution in [0.4, 0.5) is 0 Å². The minimum Gasteiger partial charge on any atom is -0.381 e. The first-order chi connectivity index (χ1) is 9.68. The van der Waals surface area contributed by atoms with E-state index in [1.807, 2.05) is 0 Å². The quantitative estimate of drug-likeness (QED) is 0.505. The Balaban J connectivity index is 1.94. The molecule has 0 spiro atoms. The van der Waals surface area contributed by atoms with E-state index in [1.54, 1.807) is 0 Å². The van der Waals surface area contributed by atoms with Crippen molar-refractivity contribution in [2.45, 2.75) is 64.8 Å². The third-order valence-electron chi connectivity index (χ3n) is 3.60. The molecule has 0 aromatic carbocycles. The van der Waals surface area contributed by atoms with Gasteiger partial charge in [0.05, 0.1) is 6.54 Å². The highest BCUT2D eigenvalue weighted by atomic mass is 16.5. The normalized spacial score (nSPS) is 17.1. The zero-order valence-corrected chi connectivity index (χ0v) is 13.2. The average molecular weight is 284 g/mol. The zero-order chi connectivity index (χ0) is 14.6. The SMILES string of the molecule is CC(C)COCCCNCC(=O)NC1CCCCCC1. The molecular formula is C16H32N2O2. The number of nitrogens with one attached hydrogen (secondary N) is 2. The lowest BCUT2D eigenvalue weighted by Crippen LogP contribution is -2.40. The molecule has 0 aromatic heterocycles. The molecule has 0 unspecified atom stereocenters. The molecule has 1 aliphatic carbocycles. The number of carbonyl (C=O) groups is 1. The van der Waals surface area contributed by atoms with Crippen LogP contribution in [0.1, 0.15) is 58.8 Å². The molecule has 2 N–H and O–H groups in total. The summed E-state index contributed by atoms with van der Waals surface area (Å²) in [4.78, 5) is 11.8. The topological polar surface area (TPSA) is 50.4 Å². The maximum atomic E-state index is 11.8. The van der Waals surface area contributed by atoms with Gasteiger partial charge in [-0.3, -0.25) is 4.79 Å². The van der Waals surface area contributed by atoms with Crippen molar-refractivity contribution in [3.63, 3.8) is 0 Å². The van der Waals surface area contributed by atoms with Gasteiger partial charge in [0.25, 0.3) is 0 Å². The summed E-state index contributed by atoms with van der Waals surface area (Å²) >= 11 is 0. The first-order valence-corrected chi connectivity index (χ1v) is 8.26. The number of rotatable bonds is 9. The Bertz CT molecular complexity index is 249. The van der Waals surface area contributed by atoms with Gasteiger partial charge in [0, 0.05) is 19.3 Å². The first kappa shape index (κ1) is 17.4. The van der Waals surface area contributed by atoms with Crippen molar-refractivity contribution in [3.05, 3.63) is 0 Å². The van der Waals surface area contributed by atoms with Crippen LogP contribution in [0.2, 0.25) is 0 Å². The van der Waals surface area contributed by atoms with Crippen molar-refractivity contribution in [1.29, 1.82) is 0 Å². The molecule has 1 saturated carbocycles. The Labute approximate surface area is 124 Å². The Morgan fingerprint density at radius 2 is 1.90 bits per heavy atom. The van der Waals surface area contributed by atoms with E-state index in [9.17, 15) is 4.79 Å². The van der Waals surface area contributed by atoms with Gasteiger partial charge in [-0.1, -0.05) is 39.5 Å². The molecular weight excluding hydrogens is 252 g/mol. The Morgan fingerprint density at radius 1 is 1.20 bits per heavy atom. The molecule has 0 saturated heterocycles. The molecule has 0 radical (unpaired) electrons. The number of hydrogen-bond donors (Lipinski definition) is 2. The summed E-state index contributed by atoms with van der Waals surface area (Å²) in [5.41, 5.74) is 0. The van der Waals surface area contributed by atoms with E-state index in [-0.39, 0.29) is 5.91 Å². The maximum absolute atomic E-state index is 11.8. The zero-order valence-electron chi connectivity index (χ0n) is 13.2. The van der Waals surface area contributed by atoms with Crippen molar-refractivity contribution in [2.24, 2.45) is 5.92 Å². The fraction of sp³-hybridized carbons (Fsp3) is 0.938. The molecule has 1 amide bonds. The van der Waals surface area contributed by atoms with Crippen LogP contribution in [0.25, 0.3) is 0 Å². The van der Waals surface area contributed by atoms with E-state index in [0.717, 1.165) is 39.0 Å². The van der Waals surface area contributed by atoms with E-state index in [2.05, 4.69) is 24.5 Å². The van der Waals surface area contributed by atoms with E-state index >= 15 is 0 Å². The predicted molar refractivity (Wildman–Crippen MR) is 82.8 cm³/mol. The van der Waals surface area contributed by atoms with E-state index < -0.39 is 0 Å². The van der Waals surface area contributed by atoms with Crippen LogP contribution >= 0.6 is 0 Å². The minimum absolute atomic E-state index is 0.139. The van der Waals surface area contributed by atoms with Gasteiger partial charge in [0.1, 0.15) is 0 Å². The van der Waals surface area contributed by atoms with Crippen LogP contribution in [0.3, 0.4) is 0 Å². The molecule has 0 heterocycles. The van der Waals surface area contributed by atoms with E-state index in [0.29, 0.717) is 18.5 Å². The Hall–Kier alpha value is -0.610. The molecule has 1 aliphatic rings. The lowest BCUT2D eigenvalue weighted by Gasteiger charge is -2.16. The summed E-state index contributed by atoms with van der Waals surface area (Å²) in [5, 5.41) is 6.33. The minimum atomic E-state index is 0.139. The number of carbonyl (C=O) groups excluding carboxylic acids is 1. The number of ether oxygens (including phenoxy) is 1. The van der Waals surface area contributed by atoms with Crippen molar-refractivity contribution < 1.29 is 9.53 Å². The molecule has 1 fully saturated rings. The van der Waals surface area contributed by atoms with Crippen LogP contribution in [-0.4, -0.2) is 38.3 Å². The number of amides is 1. The summed E-state index contributed by atoms with van der Waals surface area (Å²) in [7, 11) is 0. The predicted octanol–water partition coefficient (Wildman–Crippen LogP) is 2.48. The molecule has 0 atom stereocenters.